The smallest absolute Gasteiger partial charge is 0.335 e. The average molecular weight is 426 g/mol. The summed E-state index contributed by atoms with van der Waals surface area (Å²) in [6.45, 7) is 3.82. The molecule has 0 aliphatic rings. The molecule has 6 nitrogen and oxygen atoms in total. The Morgan fingerprint density at radius 3 is 2.44 bits per heavy atom. The monoisotopic (exact) mass is 426 g/mol. The highest BCUT2D eigenvalue weighted by atomic mass is 16.5. The lowest BCUT2D eigenvalue weighted by Gasteiger charge is -2.17. The van der Waals surface area contributed by atoms with Gasteiger partial charge in [-0.15, -0.1) is 0 Å². The van der Waals surface area contributed by atoms with Crippen LogP contribution in [0.1, 0.15) is 34.6 Å². The predicted octanol–water partition coefficient (Wildman–Crippen LogP) is 5.64. The van der Waals surface area contributed by atoms with Gasteiger partial charge in [0.25, 0.3) is 5.91 Å². The molecule has 32 heavy (non-hydrogen) atoms. The maximum Gasteiger partial charge on any atom is 0.335 e. The van der Waals surface area contributed by atoms with E-state index < -0.39 is 5.97 Å². The van der Waals surface area contributed by atoms with Crippen LogP contribution in [0.5, 0.6) is 5.75 Å². The zero-order valence-corrected chi connectivity index (χ0v) is 17.7. The summed E-state index contributed by atoms with van der Waals surface area (Å²) in [7, 11) is 0. The average Bonchev–Trinajstić information content (AvgIpc) is 2.78. The van der Waals surface area contributed by atoms with Gasteiger partial charge in [0, 0.05) is 5.39 Å². The minimum atomic E-state index is -1.00. The summed E-state index contributed by atoms with van der Waals surface area (Å²) in [5.74, 6) is -0.483. The summed E-state index contributed by atoms with van der Waals surface area (Å²) in [6, 6.07) is 23.2. The first-order chi connectivity index (χ1) is 15.4. The molecule has 6 heteroatoms. The number of fused-ring (bicyclic) bond motifs is 1. The fourth-order valence-electron chi connectivity index (χ4n) is 3.48. The van der Waals surface area contributed by atoms with Gasteiger partial charge in [-0.1, -0.05) is 42.5 Å². The number of amides is 1. The van der Waals surface area contributed by atoms with Crippen molar-refractivity contribution in [2.45, 2.75) is 20.0 Å². The van der Waals surface area contributed by atoms with Gasteiger partial charge < -0.3 is 15.2 Å². The van der Waals surface area contributed by atoms with Gasteiger partial charge in [0.15, 0.2) is 0 Å². The number of aromatic carboxylic acids is 1. The molecule has 2 N–H and O–H groups in total. The molecule has 0 aliphatic heterocycles. The molecule has 0 aliphatic carbocycles. The Balaban J connectivity index is 1.72. The van der Waals surface area contributed by atoms with Gasteiger partial charge in [-0.05, 0) is 61.4 Å². The molecular weight excluding hydrogens is 404 g/mol. The van der Waals surface area contributed by atoms with Crippen LogP contribution in [-0.2, 0) is 0 Å². The number of anilines is 1. The molecular formula is C26H22N2O4. The van der Waals surface area contributed by atoms with Gasteiger partial charge in [0.05, 0.1) is 22.7 Å². The number of ether oxygens (including phenoxy) is 1. The molecule has 4 rings (SSSR count). The summed E-state index contributed by atoms with van der Waals surface area (Å²) in [5.41, 5.74) is 2.86. The largest absolute Gasteiger partial charge is 0.490 e. The van der Waals surface area contributed by atoms with Gasteiger partial charge in [0.1, 0.15) is 11.6 Å². The Bertz CT molecular complexity index is 1300. The van der Waals surface area contributed by atoms with E-state index in [1.807, 2.05) is 56.3 Å². The molecule has 0 spiro atoms. The van der Waals surface area contributed by atoms with E-state index in [-0.39, 0.29) is 17.6 Å². The molecule has 3 aromatic carbocycles. The van der Waals surface area contributed by atoms with E-state index in [1.165, 1.54) is 6.07 Å². The number of nitrogens with zero attached hydrogens (tertiary/aromatic N) is 1. The molecule has 4 aromatic rings. The molecule has 0 fully saturated rings. The van der Waals surface area contributed by atoms with E-state index in [0.717, 1.165) is 11.1 Å². The van der Waals surface area contributed by atoms with Gasteiger partial charge in [-0.3, -0.25) is 4.79 Å². The van der Waals surface area contributed by atoms with Gasteiger partial charge in [0.2, 0.25) is 0 Å². The number of aromatic nitrogens is 1. The van der Waals surface area contributed by atoms with Crippen molar-refractivity contribution < 1.29 is 19.4 Å². The molecule has 0 saturated heterocycles. The van der Waals surface area contributed by atoms with Crippen molar-refractivity contribution >= 4 is 28.6 Å². The Morgan fingerprint density at radius 1 is 0.938 bits per heavy atom. The Hall–Kier alpha value is -4.19. The summed E-state index contributed by atoms with van der Waals surface area (Å²) in [4.78, 5) is 29.0. The fraction of sp³-hybridized carbons (Fsp3) is 0.115. The SMILES string of the molecule is CC(C)Oc1cccc(-c2ccccc2)c1C(=O)Nc1ccc2cc(C(=O)O)ccc2n1. The van der Waals surface area contributed by atoms with Crippen LogP contribution >= 0.6 is 0 Å². The van der Waals surface area contributed by atoms with E-state index in [9.17, 15) is 9.59 Å². The third-order valence-electron chi connectivity index (χ3n) is 4.88. The standard InChI is InChI=1S/C26H22N2O4/c1-16(2)32-22-10-6-9-20(17-7-4-3-5-8-17)24(22)25(29)28-23-14-12-18-15-19(26(30)31)11-13-21(18)27-23/h3-16H,1-2H3,(H,30,31)(H,27,28,29). The second-order valence-electron chi connectivity index (χ2n) is 7.57. The number of carboxylic acid groups (broad SMARTS) is 1. The quantitative estimate of drug-likeness (QED) is 0.417. The predicted molar refractivity (Wildman–Crippen MR) is 124 cm³/mol. The highest BCUT2D eigenvalue weighted by molar-refractivity contribution is 6.10. The van der Waals surface area contributed by atoms with Crippen molar-refractivity contribution in [1.82, 2.24) is 4.98 Å². The van der Waals surface area contributed by atoms with Crippen molar-refractivity contribution in [2.75, 3.05) is 5.32 Å². The summed E-state index contributed by atoms with van der Waals surface area (Å²) >= 11 is 0. The van der Waals surface area contributed by atoms with Crippen LogP contribution in [0.2, 0.25) is 0 Å². The third-order valence-corrected chi connectivity index (χ3v) is 4.88. The van der Waals surface area contributed by atoms with Crippen LogP contribution in [0.3, 0.4) is 0 Å². The van der Waals surface area contributed by atoms with Crippen LogP contribution < -0.4 is 10.1 Å². The van der Waals surface area contributed by atoms with Crippen molar-refractivity contribution in [3.63, 3.8) is 0 Å². The minimum Gasteiger partial charge on any atom is -0.490 e. The molecule has 1 aromatic heterocycles. The molecule has 160 valence electrons. The van der Waals surface area contributed by atoms with Crippen LogP contribution in [-0.4, -0.2) is 28.1 Å². The lowest BCUT2D eigenvalue weighted by molar-refractivity contribution is 0.0696. The summed E-state index contributed by atoms with van der Waals surface area (Å²) < 4.78 is 5.94. The van der Waals surface area contributed by atoms with Crippen LogP contribution in [0.25, 0.3) is 22.0 Å². The number of carboxylic acids is 1. The first kappa shape index (κ1) is 21.1. The molecule has 0 saturated carbocycles. The van der Waals surface area contributed by atoms with Crippen molar-refractivity contribution in [3.05, 3.63) is 90.0 Å². The van der Waals surface area contributed by atoms with Gasteiger partial charge in [-0.25, -0.2) is 9.78 Å². The molecule has 1 amide bonds. The number of nitrogens with one attached hydrogen (secondary N) is 1. The number of hydrogen-bond donors (Lipinski definition) is 2. The Morgan fingerprint density at radius 2 is 1.72 bits per heavy atom. The normalized spacial score (nSPS) is 10.8. The zero-order valence-electron chi connectivity index (χ0n) is 17.7. The Kier molecular flexibility index (Phi) is 5.85. The molecule has 0 unspecified atom stereocenters. The maximum atomic E-state index is 13.4. The first-order valence-electron chi connectivity index (χ1n) is 10.2. The number of hydrogen-bond acceptors (Lipinski definition) is 4. The molecule has 0 radical (unpaired) electrons. The van der Waals surface area contributed by atoms with Gasteiger partial charge in [-0.2, -0.15) is 0 Å². The second-order valence-corrected chi connectivity index (χ2v) is 7.57. The lowest BCUT2D eigenvalue weighted by Crippen LogP contribution is -2.17. The molecule has 0 bridgehead atoms. The van der Waals surface area contributed by atoms with E-state index in [2.05, 4.69) is 10.3 Å². The second kappa shape index (κ2) is 8.89. The van der Waals surface area contributed by atoms with Crippen molar-refractivity contribution in [3.8, 4) is 16.9 Å². The van der Waals surface area contributed by atoms with Crippen molar-refractivity contribution in [2.24, 2.45) is 0 Å². The topological polar surface area (TPSA) is 88.5 Å². The van der Waals surface area contributed by atoms with Crippen LogP contribution in [0.15, 0.2) is 78.9 Å². The zero-order chi connectivity index (χ0) is 22.7. The van der Waals surface area contributed by atoms with Gasteiger partial charge >= 0.3 is 5.97 Å². The maximum absolute atomic E-state index is 13.4. The third kappa shape index (κ3) is 4.44. The first-order valence-corrected chi connectivity index (χ1v) is 10.2. The number of benzene rings is 3. The summed E-state index contributed by atoms with van der Waals surface area (Å²) in [5, 5.41) is 12.7. The van der Waals surface area contributed by atoms with Crippen molar-refractivity contribution in [1.29, 1.82) is 0 Å². The number of carbonyl (C=O) groups excluding carboxylic acids is 1. The molecule has 1 heterocycles. The number of carbonyl (C=O) groups is 2. The van der Waals surface area contributed by atoms with Crippen LogP contribution in [0.4, 0.5) is 5.82 Å². The van der Waals surface area contributed by atoms with E-state index in [0.29, 0.717) is 28.0 Å². The molecule has 0 atom stereocenters. The van der Waals surface area contributed by atoms with Crippen LogP contribution in [0, 0.1) is 0 Å². The van der Waals surface area contributed by atoms with E-state index in [1.54, 1.807) is 30.3 Å². The number of pyridine rings is 1. The Labute approximate surface area is 185 Å². The van der Waals surface area contributed by atoms with E-state index >= 15 is 0 Å². The highest BCUT2D eigenvalue weighted by Crippen LogP contribution is 2.32. The van der Waals surface area contributed by atoms with E-state index in [4.69, 9.17) is 9.84 Å². The number of rotatable bonds is 6. The summed E-state index contributed by atoms with van der Waals surface area (Å²) in [6.07, 6.45) is -0.102. The minimum absolute atomic E-state index is 0.102. The lowest BCUT2D eigenvalue weighted by atomic mass is 9.98. The highest BCUT2D eigenvalue weighted by Gasteiger charge is 2.20. The fourth-order valence-corrected chi connectivity index (χ4v) is 3.48.